The number of nitrogens with one attached hydrogen (secondary N) is 1. The number of phenols is 1. The van der Waals surface area contributed by atoms with Crippen LogP contribution in [0, 0.1) is 25.2 Å². The minimum Gasteiger partial charge on any atom is -0.507 e. The van der Waals surface area contributed by atoms with E-state index >= 15 is 0 Å². The lowest BCUT2D eigenvalue weighted by atomic mass is 10.0. The number of nitrogens with zero attached hydrogens (tertiary/aromatic N) is 1. The first-order valence-electron chi connectivity index (χ1n) is 8.30. The monoisotopic (exact) mass is 382 g/mol. The SMILES string of the molecule is COc1ccc(CNC(=S)/C(C#N)=C/c2cc(C)c(O)c(C)c2)cc1OC. The quantitative estimate of drug-likeness (QED) is 0.446. The number of methoxy groups -OCH3 is 2. The Bertz CT molecular complexity index is 907. The van der Waals surface area contributed by atoms with Crippen LogP contribution in [0.3, 0.4) is 0 Å². The number of ether oxygens (including phenoxy) is 2. The molecule has 0 spiro atoms. The van der Waals surface area contributed by atoms with Gasteiger partial charge in [0, 0.05) is 6.54 Å². The molecule has 0 aromatic heterocycles. The minimum atomic E-state index is 0.264. The van der Waals surface area contributed by atoms with Gasteiger partial charge in [-0.3, -0.25) is 0 Å². The van der Waals surface area contributed by atoms with Crippen molar-refractivity contribution >= 4 is 23.3 Å². The van der Waals surface area contributed by atoms with Crippen molar-refractivity contribution in [2.45, 2.75) is 20.4 Å². The first-order chi connectivity index (χ1) is 12.9. The van der Waals surface area contributed by atoms with Crippen molar-refractivity contribution in [2.75, 3.05) is 14.2 Å². The van der Waals surface area contributed by atoms with E-state index in [9.17, 15) is 10.4 Å². The molecule has 0 saturated carbocycles. The molecule has 2 N–H and O–H groups in total. The molecular formula is C21H22N2O3S. The van der Waals surface area contributed by atoms with E-state index in [1.807, 2.05) is 44.2 Å². The summed E-state index contributed by atoms with van der Waals surface area (Å²) in [4.78, 5) is 0.357. The molecule has 0 atom stereocenters. The van der Waals surface area contributed by atoms with Crippen molar-refractivity contribution in [1.29, 1.82) is 5.26 Å². The molecule has 0 bridgehead atoms. The predicted molar refractivity (Wildman–Crippen MR) is 110 cm³/mol. The highest BCUT2D eigenvalue weighted by Gasteiger charge is 2.09. The molecule has 0 amide bonds. The van der Waals surface area contributed by atoms with Crippen molar-refractivity contribution in [3.63, 3.8) is 0 Å². The molecule has 6 heteroatoms. The third-order valence-corrected chi connectivity index (χ3v) is 4.45. The summed E-state index contributed by atoms with van der Waals surface area (Å²) in [5.74, 6) is 1.55. The predicted octanol–water partition coefficient (Wildman–Crippen LogP) is 4.05. The maximum absolute atomic E-state index is 9.88. The summed E-state index contributed by atoms with van der Waals surface area (Å²) in [6, 6.07) is 11.3. The van der Waals surface area contributed by atoms with E-state index in [1.165, 1.54) is 0 Å². The lowest BCUT2D eigenvalue weighted by Gasteiger charge is -2.11. The van der Waals surface area contributed by atoms with Crippen molar-refractivity contribution in [3.8, 4) is 23.3 Å². The molecule has 2 aromatic rings. The summed E-state index contributed by atoms with van der Waals surface area (Å²) in [5, 5.41) is 22.4. The van der Waals surface area contributed by atoms with Gasteiger partial charge in [-0.2, -0.15) is 5.26 Å². The van der Waals surface area contributed by atoms with E-state index in [4.69, 9.17) is 21.7 Å². The molecule has 0 aliphatic heterocycles. The van der Waals surface area contributed by atoms with Crippen molar-refractivity contribution in [1.82, 2.24) is 5.32 Å². The van der Waals surface area contributed by atoms with Crippen LogP contribution < -0.4 is 14.8 Å². The normalized spacial score (nSPS) is 10.9. The Morgan fingerprint density at radius 1 is 1.15 bits per heavy atom. The third-order valence-electron chi connectivity index (χ3n) is 4.09. The van der Waals surface area contributed by atoms with E-state index in [0.29, 0.717) is 28.6 Å². The van der Waals surface area contributed by atoms with Gasteiger partial charge in [0.25, 0.3) is 0 Å². The number of nitriles is 1. The highest BCUT2D eigenvalue weighted by molar-refractivity contribution is 7.80. The third kappa shape index (κ3) is 4.99. The number of thiocarbonyl (C=S) groups is 1. The van der Waals surface area contributed by atoms with Gasteiger partial charge in [0.2, 0.25) is 0 Å². The van der Waals surface area contributed by atoms with Crippen LogP contribution >= 0.6 is 12.2 Å². The fourth-order valence-corrected chi connectivity index (χ4v) is 2.83. The van der Waals surface area contributed by atoms with Gasteiger partial charge >= 0.3 is 0 Å². The van der Waals surface area contributed by atoms with Crippen molar-refractivity contribution in [2.24, 2.45) is 0 Å². The number of aromatic hydroxyl groups is 1. The van der Waals surface area contributed by atoms with E-state index < -0.39 is 0 Å². The van der Waals surface area contributed by atoms with E-state index in [1.54, 1.807) is 20.3 Å². The number of phenolic OH excluding ortho intramolecular Hbond substituents is 1. The Morgan fingerprint density at radius 2 is 1.78 bits per heavy atom. The van der Waals surface area contributed by atoms with Gasteiger partial charge in [0.1, 0.15) is 16.8 Å². The van der Waals surface area contributed by atoms with Gasteiger partial charge in [-0.25, -0.2) is 0 Å². The molecule has 2 aromatic carbocycles. The lowest BCUT2D eigenvalue weighted by molar-refractivity contribution is 0.354. The summed E-state index contributed by atoms with van der Waals surface area (Å²) >= 11 is 5.37. The summed E-state index contributed by atoms with van der Waals surface area (Å²) in [5.41, 5.74) is 3.62. The van der Waals surface area contributed by atoms with Crippen LogP contribution in [0.5, 0.6) is 17.2 Å². The van der Waals surface area contributed by atoms with Gasteiger partial charge in [-0.05, 0) is 66.4 Å². The molecule has 0 radical (unpaired) electrons. The first-order valence-corrected chi connectivity index (χ1v) is 8.71. The molecule has 0 unspecified atom stereocenters. The number of aryl methyl sites for hydroxylation is 2. The summed E-state index contributed by atoms with van der Waals surface area (Å²) in [6.45, 7) is 4.09. The van der Waals surface area contributed by atoms with Crippen LogP contribution in [0.15, 0.2) is 35.9 Å². The Hall–Kier alpha value is -3.04. The zero-order chi connectivity index (χ0) is 20.0. The lowest BCUT2D eigenvalue weighted by Crippen LogP contribution is -2.22. The van der Waals surface area contributed by atoms with Gasteiger partial charge < -0.3 is 19.9 Å². The molecule has 0 fully saturated rings. The van der Waals surface area contributed by atoms with Gasteiger partial charge in [-0.15, -0.1) is 0 Å². The molecule has 0 saturated heterocycles. The fraction of sp³-hybridized carbons (Fsp3) is 0.238. The Morgan fingerprint density at radius 3 is 2.33 bits per heavy atom. The summed E-state index contributed by atoms with van der Waals surface area (Å²) in [7, 11) is 3.17. The van der Waals surface area contributed by atoms with Crippen LogP contribution in [-0.2, 0) is 6.54 Å². The number of rotatable bonds is 6. The highest BCUT2D eigenvalue weighted by Crippen LogP contribution is 2.27. The Balaban J connectivity index is 2.15. The first kappa shape index (κ1) is 20.3. The Kier molecular flexibility index (Phi) is 6.80. The number of hydrogen-bond donors (Lipinski definition) is 2. The van der Waals surface area contributed by atoms with Crippen LogP contribution in [0.2, 0.25) is 0 Å². The second-order valence-electron chi connectivity index (χ2n) is 6.05. The van der Waals surface area contributed by atoms with E-state index in [2.05, 4.69) is 11.4 Å². The van der Waals surface area contributed by atoms with Gasteiger partial charge in [0.05, 0.1) is 19.8 Å². The molecular weight excluding hydrogens is 360 g/mol. The molecule has 0 aliphatic carbocycles. The standard InChI is InChI=1S/C21H22N2O3S/c1-13-7-16(8-14(2)20(13)24)9-17(11-22)21(27)23-12-15-5-6-18(25-3)19(10-15)26-4/h5-10,24H,12H2,1-4H3,(H,23,27)/b17-9+. The molecule has 5 nitrogen and oxygen atoms in total. The second-order valence-corrected chi connectivity index (χ2v) is 6.45. The van der Waals surface area contributed by atoms with Crippen LogP contribution in [0.25, 0.3) is 6.08 Å². The zero-order valence-electron chi connectivity index (χ0n) is 15.8. The van der Waals surface area contributed by atoms with E-state index in [-0.39, 0.29) is 5.75 Å². The number of benzene rings is 2. The van der Waals surface area contributed by atoms with E-state index in [0.717, 1.165) is 22.3 Å². The smallest absolute Gasteiger partial charge is 0.161 e. The number of hydrogen-bond acceptors (Lipinski definition) is 5. The highest BCUT2D eigenvalue weighted by atomic mass is 32.1. The van der Waals surface area contributed by atoms with Crippen LogP contribution in [0.1, 0.15) is 22.3 Å². The van der Waals surface area contributed by atoms with Gasteiger partial charge in [0.15, 0.2) is 11.5 Å². The topological polar surface area (TPSA) is 74.5 Å². The molecule has 0 heterocycles. The largest absolute Gasteiger partial charge is 0.507 e. The maximum atomic E-state index is 9.88. The van der Waals surface area contributed by atoms with Crippen LogP contribution in [-0.4, -0.2) is 24.3 Å². The molecule has 140 valence electrons. The Labute approximate surface area is 164 Å². The summed E-state index contributed by atoms with van der Waals surface area (Å²) in [6.07, 6.45) is 1.71. The minimum absolute atomic E-state index is 0.264. The van der Waals surface area contributed by atoms with Crippen molar-refractivity contribution < 1.29 is 14.6 Å². The van der Waals surface area contributed by atoms with Gasteiger partial charge in [-0.1, -0.05) is 18.3 Å². The molecule has 2 rings (SSSR count). The fourth-order valence-electron chi connectivity index (χ4n) is 2.66. The second kappa shape index (κ2) is 9.06. The maximum Gasteiger partial charge on any atom is 0.161 e. The van der Waals surface area contributed by atoms with Crippen LogP contribution in [0.4, 0.5) is 0 Å². The average molecular weight is 382 g/mol. The molecule has 27 heavy (non-hydrogen) atoms. The zero-order valence-corrected chi connectivity index (χ0v) is 16.6. The average Bonchev–Trinajstić information content (AvgIpc) is 2.67. The van der Waals surface area contributed by atoms with Crippen molar-refractivity contribution in [3.05, 3.63) is 58.2 Å². The molecule has 0 aliphatic rings. The summed E-state index contributed by atoms with van der Waals surface area (Å²) < 4.78 is 10.5.